The number of carbonyl (C=O) groups is 3. The summed E-state index contributed by atoms with van der Waals surface area (Å²) in [5.41, 5.74) is -0.0880. The second-order valence-corrected chi connectivity index (χ2v) is 7.08. The number of hydrogen-bond acceptors (Lipinski definition) is 4. The number of carboxylic acids is 3. The average Bonchev–Trinajstić information content (AvgIpc) is 3.12. The Kier molecular flexibility index (Phi) is 6.53. The van der Waals surface area contributed by atoms with Crippen LogP contribution >= 0.6 is 15.9 Å². The molecule has 0 radical (unpaired) electrons. The molecule has 9 heteroatoms. The van der Waals surface area contributed by atoms with Crippen molar-refractivity contribution in [1.29, 1.82) is 0 Å². The maximum Gasteiger partial charge on any atom is 0.354 e. The number of carboxylic acid groups (broad SMARTS) is 3. The molecule has 0 bridgehead atoms. The van der Waals surface area contributed by atoms with Gasteiger partial charge in [0.25, 0.3) is 0 Å². The van der Waals surface area contributed by atoms with Crippen molar-refractivity contribution in [3.63, 3.8) is 0 Å². The summed E-state index contributed by atoms with van der Waals surface area (Å²) >= 11 is 3.32. The summed E-state index contributed by atoms with van der Waals surface area (Å²) < 4.78 is 2.26. The summed E-state index contributed by atoms with van der Waals surface area (Å²) in [6.07, 6.45) is 5.90. The van der Waals surface area contributed by atoms with E-state index in [0.717, 1.165) is 4.47 Å². The fraction of sp³-hybridized carbons (Fsp3) is 0.158. The van der Waals surface area contributed by atoms with E-state index < -0.39 is 23.3 Å². The molecule has 3 N–H and O–H groups in total. The first kappa shape index (κ1) is 21.1. The highest BCUT2D eigenvalue weighted by Gasteiger charge is 2.34. The molecular formula is C19H17BrN2O6. The van der Waals surface area contributed by atoms with Crippen molar-refractivity contribution in [2.45, 2.75) is 13.3 Å². The van der Waals surface area contributed by atoms with E-state index in [0.29, 0.717) is 5.69 Å². The molecular weight excluding hydrogens is 432 g/mol. The van der Waals surface area contributed by atoms with Crippen molar-refractivity contribution >= 4 is 33.8 Å². The molecule has 0 amide bonds. The Morgan fingerprint density at radius 2 is 1.86 bits per heavy atom. The zero-order valence-corrected chi connectivity index (χ0v) is 16.3. The van der Waals surface area contributed by atoms with Crippen molar-refractivity contribution < 1.29 is 29.7 Å². The lowest BCUT2D eigenvalue weighted by molar-refractivity contribution is -0.145. The summed E-state index contributed by atoms with van der Waals surface area (Å²) in [7, 11) is 0. The number of aliphatic carboxylic acids is 2. The fourth-order valence-corrected chi connectivity index (χ4v) is 2.85. The van der Waals surface area contributed by atoms with Crippen LogP contribution in [0.2, 0.25) is 0 Å². The summed E-state index contributed by atoms with van der Waals surface area (Å²) in [5.74, 6) is -3.06. The number of aromatic carboxylic acids is 1. The number of nitrogens with zero attached hydrogens (tertiary/aromatic N) is 2. The lowest BCUT2D eigenvalue weighted by Gasteiger charge is -2.23. The monoisotopic (exact) mass is 448 g/mol. The molecule has 0 fully saturated rings. The maximum atomic E-state index is 10.9. The van der Waals surface area contributed by atoms with Gasteiger partial charge in [0.15, 0.2) is 5.69 Å². The second-order valence-electron chi connectivity index (χ2n) is 6.17. The number of benzene rings is 1. The van der Waals surface area contributed by atoms with Crippen LogP contribution in [0.4, 0.5) is 0 Å². The number of aromatic nitrogens is 2. The highest BCUT2D eigenvalue weighted by molar-refractivity contribution is 9.10. The third-order valence-electron chi connectivity index (χ3n) is 4.00. The highest BCUT2D eigenvalue weighted by atomic mass is 79.9. The van der Waals surface area contributed by atoms with E-state index in [1.54, 1.807) is 12.1 Å². The molecule has 1 atom stereocenters. The van der Waals surface area contributed by atoms with Crippen LogP contribution in [-0.2, 0) is 9.59 Å². The van der Waals surface area contributed by atoms with Gasteiger partial charge >= 0.3 is 17.9 Å². The first-order valence-corrected chi connectivity index (χ1v) is 8.82. The van der Waals surface area contributed by atoms with E-state index in [1.807, 2.05) is 12.1 Å². The van der Waals surface area contributed by atoms with Crippen LogP contribution in [0.3, 0.4) is 0 Å². The van der Waals surface area contributed by atoms with E-state index in [1.165, 1.54) is 42.1 Å². The molecule has 3 rings (SSSR count). The fourth-order valence-electron chi connectivity index (χ4n) is 2.46. The molecule has 1 aliphatic carbocycles. The van der Waals surface area contributed by atoms with Gasteiger partial charge in [-0.25, -0.2) is 14.3 Å². The SMILES string of the molecule is CC1(C(=O)O)C=CC=C(C(=O)O)C1.O=C(O)c1ccnn1-c1cccc(Br)c1. The molecule has 1 aliphatic rings. The third-order valence-corrected chi connectivity index (χ3v) is 4.49. The Morgan fingerprint density at radius 3 is 2.43 bits per heavy atom. The predicted octanol–water partition coefficient (Wildman–Crippen LogP) is 3.38. The Hall–Kier alpha value is -3.20. The first-order chi connectivity index (χ1) is 13.1. The topological polar surface area (TPSA) is 130 Å². The minimum Gasteiger partial charge on any atom is -0.481 e. The Labute approximate surface area is 168 Å². The van der Waals surface area contributed by atoms with Gasteiger partial charge in [0.2, 0.25) is 0 Å². The molecule has 1 heterocycles. The minimum absolute atomic E-state index is 0.0359. The van der Waals surface area contributed by atoms with Crippen LogP contribution in [0.15, 0.2) is 64.8 Å². The molecule has 0 spiro atoms. The van der Waals surface area contributed by atoms with E-state index in [-0.39, 0.29) is 17.7 Å². The highest BCUT2D eigenvalue weighted by Crippen LogP contribution is 2.31. The predicted molar refractivity (Wildman–Crippen MR) is 103 cm³/mol. The second kappa shape index (κ2) is 8.66. The molecule has 1 aromatic carbocycles. The van der Waals surface area contributed by atoms with Crippen molar-refractivity contribution in [1.82, 2.24) is 9.78 Å². The zero-order chi connectivity index (χ0) is 20.9. The van der Waals surface area contributed by atoms with Crippen molar-refractivity contribution in [2.24, 2.45) is 5.41 Å². The average molecular weight is 449 g/mol. The molecule has 0 saturated heterocycles. The molecule has 0 saturated carbocycles. The molecule has 1 aromatic heterocycles. The van der Waals surface area contributed by atoms with Crippen LogP contribution in [0.5, 0.6) is 0 Å². The van der Waals surface area contributed by atoms with E-state index >= 15 is 0 Å². The van der Waals surface area contributed by atoms with Gasteiger partial charge < -0.3 is 15.3 Å². The van der Waals surface area contributed by atoms with Crippen LogP contribution in [0, 0.1) is 5.41 Å². The molecule has 28 heavy (non-hydrogen) atoms. The van der Waals surface area contributed by atoms with Crippen LogP contribution in [0.1, 0.15) is 23.8 Å². The first-order valence-electron chi connectivity index (χ1n) is 8.02. The molecule has 1 unspecified atom stereocenters. The van der Waals surface area contributed by atoms with Crippen LogP contribution in [-0.4, -0.2) is 43.0 Å². The molecule has 8 nitrogen and oxygen atoms in total. The summed E-state index contributed by atoms with van der Waals surface area (Å²) in [6, 6.07) is 8.76. The van der Waals surface area contributed by atoms with Gasteiger partial charge in [0.05, 0.1) is 17.3 Å². The molecule has 2 aromatic rings. The van der Waals surface area contributed by atoms with E-state index in [2.05, 4.69) is 21.0 Å². The van der Waals surface area contributed by atoms with Gasteiger partial charge in [0.1, 0.15) is 0 Å². The van der Waals surface area contributed by atoms with Gasteiger partial charge in [-0.05, 0) is 37.6 Å². The lowest BCUT2D eigenvalue weighted by atomic mass is 9.80. The van der Waals surface area contributed by atoms with E-state index in [9.17, 15) is 14.4 Å². The number of halogens is 1. The van der Waals surface area contributed by atoms with Crippen molar-refractivity contribution in [3.05, 3.63) is 70.5 Å². The van der Waals surface area contributed by atoms with Gasteiger partial charge in [-0.3, -0.25) is 4.79 Å². The van der Waals surface area contributed by atoms with Gasteiger partial charge in [0, 0.05) is 10.0 Å². The lowest BCUT2D eigenvalue weighted by Crippen LogP contribution is -2.28. The Morgan fingerprint density at radius 1 is 1.14 bits per heavy atom. The smallest absolute Gasteiger partial charge is 0.354 e. The van der Waals surface area contributed by atoms with Crippen molar-refractivity contribution in [2.75, 3.05) is 0 Å². The summed E-state index contributed by atoms with van der Waals surface area (Å²) in [6.45, 7) is 1.50. The van der Waals surface area contributed by atoms with Crippen LogP contribution in [0.25, 0.3) is 5.69 Å². The van der Waals surface area contributed by atoms with E-state index in [4.69, 9.17) is 15.3 Å². The molecule has 0 aliphatic heterocycles. The zero-order valence-electron chi connectivity index (χ0n) is 14.7. The molecule has 146 valence electrons. The number of allylic oxidation sites excluding steroid dienone is 2. The number of hydrogen-bond donors (Lipinski definition) is 3. The maximum absolute atomic E-state index is 10.9. The largest absolute Gasteiger partial charge is 0.481 e. The Balaban J connectivity index is 0.000000203. The van der Waals surface area contributed by atoms with Crippen molar-refractivity contribution in [3.8, 4) is 5.69 Å². The third kappa shape index (κ3) is 4.95. The summed E-state index contributed by atoms with van der Waals surface area (Å²) in [5, 5.41) is 30.4. The number of rotatable bonds is 4. The quantitative estimate of drug-likeness (QED) is 0.653. The Bertz CT molecular complexity index is 978. The van der Waals surface area contributed by atoms with Gasteiger partial charge in [-0.2, -0.15) is 5.10 Å². The van der Waals surface area contributed by atoms with Gasteiger partial charge in [-0.1, -0.05) is 40.2 Å². The van der Waals surface area contributed by atoms with Gasteiger partial charge in [-0.15, -0.1) is 0 Å². The normalized spacial score (nSPS) is 17.9. The standard InChI is InChI=1S/C10H7BrN2O2.C9H10O4/c11-7-2-1-3-8(6-7)13-9(10(14)15)4-5-12-13;1-9(8(12)13)4-2-3-6(5-9)7(10)11/h1-6H,(H,14,15);2-4H,5H2,1H3,(H,10,11)(H,12,13). The summed E-state index contributed by atoms with van der Waals surface area (Å²) in [4.78, 5) is 32.2. The minimum atomic E-state index is -1.08. The van der Waals surface area contributed by atoms with Crippen LogP contribution < -0.4 is 0 Å².